The number of carboxylic acids is 2. The molecule has 66 heavy (non-hydrogen) atoms. The molecular weight excluding hydrogens is 883 g/mol. The zero-order chi connectivity index (χ0) is 46.7. The molecule has 3 N–H and O–H groups in total. The second-order valence-corrected chi connectivity index (χ2v) is 16.4. The maximum Gasteiger partial charge on any atom is 0.307 e. The van der Waals surface area contributed by atoms with Crippen molar-refractivity contribution < 1.29 is 29.7 Å². The third-order valence-electron chi connectivity index (χ3n) is 11.1. The van der Waals surface area contributed by atoms with Gasteiger partial charge in [-0.15, -0.1) is 10.2 Å². The summed E-state index contributed by atoms with van der Waals surface area (Å²) in [5.41, 5.74) is 5.21. The van der Waals surface area contributed by atoms with Crippen LogP contribution in [-0.2, 0) is 22.7 Å². The van der Waals surface area contributed by atoms with Crippen LogP contribution in [0.15, 0.2) is 155 Å². The molecule has 334 valence electrons. The van der Waals surface area contributed by atoms with Gasteiger partial charge in [0.2, 0.25) is 0 Å². The summed E-state index contributed by atoms with van der Waals surface area (Å²) in [6, 6.07) is 42.8. The average Bonchev–Trinajstić information content (AvgIpc) is 3.33. The zero-order valence-corrected chi connectivity index (χ0v) is 36.7. The zero-order valence-electron chi connectivity index (χ0n) is 35.2. The molecule has 2 heterocycles. The summed E-state index contributed by atoms with van der Waals surface area (Å²) in [5, 5.41) is 47.9. The van der Waals surface area contributed by atoms with Gasteiger partial charge in [0.15, 0.2) is 5.78 Å². The van der Waals surface area contributed by atoms with Gasteiger partial charge >= 0.3 is 11.9 Å². The van der Waals surface area contributed by atoms with Crippen molar-refractivity contribution in [3.05, 3.63) is 187 Å². The Kier molecular flexibility index (Phi) is 15.2. The van der Waals surface area contributed by atoms with Gasteiger partial charge in [0.25, 0.3) is 11.1 Å². The first-order chi connectivity index (χ1) is 31.8. The first-order valence-electron chi connectivity index (χ1n) is 20.9. The fraction of sp³-hybridized carbons (Fsp3) is 0.180. The van der Waals surface area contributed by atoms with E-state index in [4.69, 9.17) is 23.2 Å². The van der Waals surface area contributed by atoms with Crippen LogP contribution in [0, 0.1) is 11.8 Å². The number of ketones is 1. The maximum atomic E-state index is 12.7. The van der Waals surface area contributed by atoms with Crippen LogP contribution in [0.4, 0.5) is 0 Å². The monoisotopic (exact) mass is 924 g/mol. The summed E-state index contributed by atoms with van der Waals surface area (Å²) in [6.45, 7) is 0.145. The minimum absolute atomic E-state index is 0.0192. The third-order valence-corrected chi connectivity index (χ3v) is 11.6. The summed E-state index contributed by atoms with van der Waals surface area (Å²) < 4.78 is 2.31. The number of carboxylic acid groups (broad SMARTS) is 2. The van der Waals surface area contributed by atoms with Gasteiger partial charge < -0.3 is 15.3 Å². The van der Waals surface area contributed by atoms with Crippen LogP contribution in [0.25, 0.3) is 44.1 Å². The number of carbonyl (C=O) groups excluding carboxylic acids is 1. The Bertz CT molecular complexity index is 3110. The molecule has 0 radical (unpaired) electrons. The number of fused-ring (bicyclic) bond motifs is 2. The third kappa shape index (κ3) is 11.6. The van der Waals surface area contributed by atoms with Crippen molar-refractivity contribution in [1.82, 2.24) is 30.0 Å². The number of carbonyl (C=O) groups is 3. The largest absolute Gasteiger partial charge is 0.481 e. The number of aryl methyl sites for hydroxylation is 2. The van der Waals surface area contributed by atoms with Crippen molar-refractivity contribution in [1.29, 1.82) is 0 Å². The standard InChI is InChI=1S/C25H22ClN3O4.C25H20ClN3O4/c2*26-20-11-9-17(10-12-20)16-5-7-18(8-6-16)23(30)15-19(25(32)33)13-14-29-24(31)21-3-1-2-4-22(21)27-28-29/h1-12,19,23,30H,13-15H2,(H,32,33);1-12,19H,13-15H2,(H,32,33). The number of benzene rings is 6. The van der Waals surface area contributed by atoms with E-state index in [1.807, 2.05) is 60.7 Å². The first-order valence-corrected chi connectivity index (χ1v) is 21.6. The van der Waals surface area contributed by atoms with Gasteiger partial charge in [0.1, 0.15) is 11.0 Å². The number of rotatable bonds is 16. The van der Waals surface area contributed by atoms with Crippen LogP contribution in [0.2, 0.25) is 10.0 Å². The Morgan fingerprint density at radius 3 is 1.36 bits per heavy atom. The topological polar surface area (TPSA) is 207 Å². The van der Waals surface area contributed by atoms with Crippen molar-refractivity contribution in [2.24, 2.45) is 11.8 Å². The molecule has 8 rings (SSSR count). The minimum Gasteiger partial charge on any atom is -0.481 e. The lowest BCUT2D eigenvalue weighted by Gasteiger charge is -2.18. The van der Waals surface area contributed by atoms with Crippen LogP contribution < -0.4 is 11.1 Å². The molecule has 0 aliphatic heterocycles. The van der Waals surface area contributed by atoms with Gasteiger partial charge in [-0.2, -0.15) is 0 Å². The van der Waals surface area contributed by atoms with E-state index in [9.17, 15) is 39.3 Å². The average molecular weight is 926 g/mol. The van der Waals surface area contributed by atoms with Crippen molar-refractivity contribution in [2.45, 2.75) is 44.9 Å². The molecule has 0 bridgehead atoms. The van der Waals surface area contributed by atoms with Crippen molar-refractivity contribution in [3.63, 3.8) is 0 Å². The number of halogens is 2. The Balaban J connectivity index is 0.000000196. The minimum atomic E-state index is -1.09. The van der Waals surface area contributed by atoms with Crippen LogP contribution in [0.1, 0.15) is 47.7 Å². The van der Waals surface area contributed by atoms with E-state index in [1.54, 1.807) is 84.9 Å². The van der Waals surface area contributed by atoms with Gasteiger partial charge in [-0.05, 0) is 95.6 Å². The molecular formula is C50H42Cl2N6O8. The highest BCUT2D eigenvalue weighted by Crippen LogP contribution is 2.28. The Hall–Kier alpha value is -7.39. The number of nitrogens with zero attached hydrogens (tertiary/aromatic N) is 6. The fourth-order valence-corrected chi connectivity index (χ4v) is 7.58. The second kappa shape index (κ2) is 21.5. The molecule has 14 nitrogen and oxygen atoms in total. The van der Waals surface area contributed by atoms with Gasteiger partial charge in [-0.25, -0.2) is 9.36 Å². The molecule has 2 aromatic heterocycles. The predicted molar refractivity (Wildman–Crippen MR) is 251 cm³/mol. The van der Waals surface area contributed by atoms with E-state index < -0.39 is 29.9 Å². The van der Waals surface area contributed by atoms with E-state index in [-0.39, 0.29) is 55.7 Å². The lowest BCUT2D eigenvalue weighted by Crippen LogP contribution is -2.27. The summed E-state index contributed by atoms with van der Waals surface area (Å²) in [7, 11) is 0. The summed E-state index contributed by atoms with van der Waals surface area (Å²) >= 11 is 11.9. The lowest BCUT2D eigenvalue weighted by atomic mass is 9.93. The summed E-state index contributed by atoms with van der Waals surface area (Å²) in [6.07, 6.45) is -0.889. The van der Waals surface area contributed by atoms with Crippen LogP contribution >= 0.6 is 23.2 Å². The number of aliphatic carboxylic acids is 2. The SMILES string of the molecule is O=C(CC(CCn1nnc2ccccc2c1=O)C(=O)O)c1ccc(-c2ccc(Cl)cc2)cc1.O=C(O)C(CCn1nnc2ccccc2c1=O)CC(O)c1ccc(-c2ccc(Cl)cc2)cc1. The van der Waals surface area contributed by atoms with Crippen LogP contribution in [-0.4, -0.2) is 63.0 Å². The van der Waals surface area contributed by atoms with Crippen molar-refractivity contribution in [2.75, 3.05) is 0 Å². The molecule has 0 aliphatic rings. The molecule has 0 aliphatic carbocycles. The van der Waals surface area contributed by atoms with Gasteiger partial charge in [0.05, 0.1) is 28.7 Å². The van der Waals surface area contributed by atoms with Crippen molar-refractivity contribution in [3.8, 4) is 22.3 Å². The Morgan fingerprint density at radius 2 is 0.924 bits per heavy atom. The molecule has 0 fully saturated rings. The fourth-order valence-electron chi connectivity index (χ4n) is 7.33. The highest BCUT2D eigenvalue weighted by molar-refractivity contribution is 6.31. The Morgan fingerprint density at radius 1 is 0.530 bits per heavy atom. The Labute approximate surface area is 387 Å². The highest BCUT2D eigenvalue weighted by atomic mass is 35.5. The number of aliphatic hydroxyl groups excluding tert-OH is 1. The van der Waals surface area contributed by atoms with Gasteiger partial charge in [-0.3, -0.25) is 24.0 Å². The molecule has 8 aromatic rings. The molecule has 3 atom stereocenters. The lowest BCUT2D eigenvalue weighted by molar-refractivity contribution is -0.143. The van der Waals surface area contributed by atoms with Crippen LogP contribution in [0.5, 0.6) is 0 Å². The predicted octanol–water partition coefficient (Wildman–Crippen LogP) is 8.80. The van der Waals surface area contributed by atoms with E-state index in [2.05, 4.69) is 20.6 Å². The first kappa shape index (κ1) is 46.6. The summed E-state index contributed by atoms with van der Waals surface area (Å²) in [5.74, 6) is -4.21. The molecule has 0 saturated heterocycles. The molecule has 0 amide bonds. The van der Waals surface area contributed by atoms with E-state index in [0.29, 0.717) is 43.0 Å². The number of hydrogen-bond donors (Lipinski definition) is 3. The number of Topliss-reactive ketones (excluding diaryl/α,β-unsaturated/α-hetero) is 1. The van der Waals surface area contributed by atoms with E-state index in [1.165, 1.54) is 4.68 Å². The normalized spacial score (nSPS) is 12.5. The van der Waals surface area contributed by atoms with Crippen molar-refractivity contribution >= 4 is 62.7 Å². The highest BCUT2D eigenvalue weighted by Gasteiger charge is 2.24. The van der Waals surface area contributed by atoms with E-state index in [0.717, 1.165) is 26.9 Å². The molecule has 16 heteroatoms. The molecule has 0 spiro atoms. The molecule has 3 unspecified atom stereocenters. The smallest absolute Gasteiger partial charge is 0.307 e. The van der Waals surface area contributed by atoms with E-state index >= 15 is 0 Å². The van der Waals surface area contributed by atoms with Crippen LogP contribution in [0.3, 0.4) is 0 Å². The number of aliphatic hydroxyl groups is 1. The van der Waals surface area contributed by atoms with Gasteiger partial charge in [-0.1, -0.05) is 131 Å². The maximum absolute atomic E-state index is 12.7. The number of hydrogen-bond acceptors (Lipinski definition) is 10. The quantitative estimate of drug-likeness (QED) is 0.0777. The summed E-state index contributed by atoms with van der Waals surface area (Å²) in [4.78, 5) is 61.4. The number of aromatic nitrogens is 6. The van der Waals surface area contributed by atoms with Gasteiger partial charge in [0, 0.05) is 35.1 Å². The molecule has 6 aromatic carbocycles. The second-order valence-electron chi connectivity index (χ2n) is 15.5. The molecule has 0 saturated carbocycles.